The molecule has 0 radical (unpaired) electrons. The smallest absolute Gasteiger partial charge is 0.317 e. The van der Waals surface area contributed by atoms with Gasteiger partial charge in [-0.25, -0.2) is 0 Å². The molecule has 0 spiro atoms. The van der Waals surface area contributed by atoms with Gasteiger partial charge in [0.15, 0.2) is 0 Å². The first-order chi connectivity index (χ1) is 5.72. The summed E-state index contributed by atoms with van der Waals surface area (Å²) in [4.78, 5) is 12.1. The van der Waals surface area contributed by atoms with Gasteiger partial charge in [0.05, 0.1) is 13.2 Å². The average Bonchev–Trinajstić information content (AvgIpc) is 2.03. The fraction of sp³-hybridized carbons (Fsp3) is 0.875. The third-order valence-corrected chi connectivity index (χ3v) is 2.18. The second-order valence-corrected chi connectivity index (χ2v) is 3.29. The molecule has 1 fully saturated rings. The molecular weight excluding hydrogens is 161 g/mol. The molecule has 0 amide bonds. The quantitative estimate of drug-likeness (QED) is 0.688. The summed E-state index contributed by atoms with van der Waals surface area (Å²) in [5.41, 5.74) is 0. The van der Waals surface area contributed by atoms with E-state index in [0.29, 0.717) is 6.54 Å². The summed E-state index contributed by atoms with van der Waals surface area (Å²) in [6.07, 6.45) is 1.81. The summed E-state index contributed by atoms with van der Waals surface area (Å²) >= 11 is 0. The minimum Gasteiger partial charge on any atom is -0.480 e. The lowest BCUT2D eigenvalue weighted by molar-refractivity contribution is -0.138. The summed E-state index contributed by atoms with van der Waals surface area (Å²) < 4.78 is 12.2. The number of hydrogen-bond donors (Lipinski definition) is 1. The van der Waals surface area contributed by atoms with Gasteiger partial charge in [0.25, 0.3) is 0 Å². The number of nitrogens with zero attached hydrogens (tertiary/aromatic N) is 1. The summed E-state index contributed by atoms with van der Waals surface area (Å²) in [6, 6.07) is 0. The van der Waals surface area contributed by atoms with Crippen LogP contribution >= 0.6 is 0 Å². The lowest BCUT2D eigenvalue weighted by atomic mass is 10.00. The Labute approximate surface area is 71.2 Å². The number of aliphatic carboxylic acids is 1. The monoisotopic (exact) mass is 175 g/mol. The van der Waals surface area contributed by atoms with Gasteiger partial charge in [-0.05, 0) is 19.4 Å². The SMILES string of the molecule is O=C(O)CN1CCC[C@@H](CF)C1. The topological polar surface area (TPSA) is 40.5 Å². The Morgan fingerprint density at radius 1 is 1.67 bits per heavy atom. The Morgan fingerprint density at radius 2 is 2.42 bits per heavy atom. The summed E-state index contributed by atoms with van der Waals surface area (Å²) in [7, 11) is 0. The van der Waals surface area contributed by atoms with Crippen LogP contribution in [0.1, 0.15) is 12.8 Å². The number of carboxylic acid groups (broad SMARTS) is 1. The third kappa shape index (κ3) is 2.77. The zero-order chi connectivity index (χ0) is 8.97. The molecule has 1 rings (SSSR count). The molecule has 3 nitrogen and oxygen atoms in total. The average molecular weight is 175 g/mol. The molecule has 4 heteroatoms. The zero-order valence-electron chi connectivity index (χ0n) is 7.00. The van der Waals surface area contributed by atoms with Gasteiger partial charge in [0.1, 0.15) is 0 Å². The second kappa shape index (κ2) is 4.40. The van der Waals surface area contributed by atoms with Crippen molar-refractivity contribution in [1.82, 2.24) is 4.90 Å². The van der Waals surface area contributed by atoms with Crippen molar-refractivity contribution in [2.45, 2.75) is 12.8 Å². The van der Waals surface area contributed by atoms with Gasteiger partial charge in [0.2, 0.25) is 0 Å². The summed E-state index contributed by atoms with van der Waals surface area (Å²) in [6.45, 7) is 1.12. The maximum absolute atomic E-state index is 12.2. The highest BCUT2D eigenvalue weighted by atomic mass is 19.1. The van der Waals surface area contributed by atoms with E-state index in [1.54, 1.807) is 4.90 Å². The lowest BCUT2D eigenvalue weighted by Gasteiger charge is -2.29. The molecule has 1 saturated heterocycles. The van der Waals surface area contributed by atoms with Crippen molar-refractivity contribution in [2.75, 3.05) is 26.3 Å². The van der Waals surface area contributed by atoms with Gasteiger partial charge in [-0.15, -0.1) is 0 Å². The first-order valence-electron chi connectivity index (χ1n) is 4.22. The molecule has 1 N–H and O–H groups in total. The summed E-state index contributed by atoms with van der Waals surface area (Å²) in [5.74, 6) is -0.771. The van der Waals surface area contributed by atoms with E-state index in [0.717, 1.165) is 19.4 Å². The van der Waals surface area contributed by atoms with Crippen LogP contribution in [0.4, 0.5) is 4.39 Å². The molecule has 0 aromatic rings. The molecule has 1 atom stereocenters. The summed E-state index contributed by atoms with van der Waals surface area (Å²) in [5, 5.41) is 8.49. The van der Waals surface area contributed by atoms with Gasteiger partial charge < -0.3 is 5.11 Å². The highest BCUT2D eigenvalue weighted by Crippen LogP contribution is 2.16. The molecule has 0 saturated carbocycles. The second-order valence-electron chi connectivity index (χ2n) is 3.29. The Bertz CT molecular complexity index is 163. The van der Waals surface area contributed by atoms with Crippen LogP contribution in [0, 0.1) is 5.92 Å². The molecule has 0 bridgehead atoms. The fourth-order valence-electron chi connectivity index (χ4n) is 1.61. The van der Waals surface area contributed by atoms with Crippen LogP contribution in [0.25, 0.3) is 0 Å². The number of hydrogen-bond acceptors (Lipinski definition) is 2. The molecule has 1 aliphatic heterocycles. The van der Waals surface area contributed by atoms with Crippen LogP contribution in [0.3, 0.4) is 0 Å². The molecular formula is C8H14FNO2. The molecule has 70 valence electrons. The molecule has 0 aromatic heterocycles. The first-order valence-corrected chi connectivity index (χ1v) is 4.22. The van der Waals surface area contributed by atoms with Crippen LogP contribution in [-0.2, 0) is 4.79 Å². The van der Waals surface area contributed by atoms with Crippen molar-refractivity contribution < 1.29 is 14.3 Å². The van der Waals surface area contributed by atoms with E-state index in [2.05, 4.69) is 0 Å². The minimum atomic E-state index is -0.825. The number of piperidine rings is 1. The van der Waals surface area contributed by atoms with Gasteiger partial charge in [-0.2, -0.15) is 0 Å². The zero-order valence-corrected chi connectivity index (χ0v) is 7.00. The van der Waals surface area contributed by atoms with Crippen molar-refractivity contribution in [1.29, 1.82) is 0 Å². The van der Waals surface area contributed by atoms with Crippen LogP contribution in [0.5, 0.6) is 0 Å². The van der Waals surface area contributed by atoms with E-state index in [1.165, 1.54) is 0 Å². The highest BCUT2D eigenvalue weighted by Gasteiger charge is 2.20. The van der Waals surface area contributed by atoms with E-state index in [-0.39, 0.29) is 19.1 Å². The van der Waals surface area contributed by atoms with E-state index in [9.17, 15) is 9.18 Å². The maximum Gasteiger partial charge on any atom is 0.317 e. The Balaban J connectivity index is 2.30. The number of alkyl halides is 1. The van der Waals surface area contributed by atoms with Crippen molar-refractivity contribution in [3.63, 3.8) is 0 Å². The van der Waals surface area contributed by atoms with Gasteiger partial charge in [0, 0.05) is 12.5 Å². The van der Waals surface area contributed by atoms with E-state index in [4.69, 9.17) is 5.11 Å². The number of carbonyl (C=O) groups is 1. The van der Waals surface area contributed by atoms with Crippen LogP contribution in [0.15, 0.2) is 0 Å². The van der Waals surface area contributed by atoms with Gasteiger partial charge in [-0.3, -0.25) is 14.1 Å². The van der Waals surface area contributed by atoms with E-state index in [1.807, 2.05) is 0 Å². The number of likely N-dealkylation sites (tertiary alicyclic amines) is 1. The molecule has 0 unspecified atom stereocenters. The van der Waals surface area contributed by atoms with Crippen molar-refractivity contribution >= 4 is 5.97 Å². The Hall–Kier alpha value is -0.640. The van der Waals surface area contributed by atoms with Crippen molar-refractivity contribution in [3.05, 3.63) is 0 Å². The number of rotatable bonds is 3. The molecule has 1 heterocycles. The molecule has 1 aliphatic rings. The Kier molecular flexibility index (Phi) is 3.47. The van der Waals surface area contributed by atoms with Crippen LogP contribution < -0.4 is 0 Å². The number of halogens is 1. The minimum absolute atomic E-state index is 0.0521. The predicted molar refractivity (Wildman–Crippen MR) is 42.8 cm³/mol. The van der Waals surface area contributed by atoms with Crippen LogP contribution in [0.2, 0.25) is 0 Å². The highest BCUT2D eigenvalue weighted by molar-refractivity contribution is 5.69. The number of carboxylic acids is 1. The van der Waals surface area contributed by atoms with Gasteiger partial charge in [-0.1, -0.05) is 0 Å². The standard InChI is InChI=1S/C8H14FNO2/c9-4-7-2-1-3-10(5-7)6-8(11)12/h7H,1-6H2,(H,11,12)/t7-/m0/s1. The van der Waals surface area contributed by atoms with E-state index < -0.39 is 5.97 Å². The van der Waals surface area contributed by atoms with Crippen molar-refractivity contribution in [3.8, 4) is 0 Å². The molecule has 0 aliphatic carbocycles. The third-order valence-electron chi connectivity index (χ3n) is 2.18. The molecule has 0 aromatic carbocycles. The van der Waals surface area contributed by atoms with E-state index >= 15 is 0 Å². The normalized spacial score (nSPS) is 25.6. The largest absolute Gasteiger partial charge is 0.480 e. The van der Waals surface area contributed by atoms with Crippen LogP contribution in [-0.4, -0.2) is 42.3 Å². The molecule has 12 heavy (non-hydrogen) atoms. The van der Waals surface area contributed by atoms with Crippen molar-refractivity contribution in [2.24, 2.45) is 5.92 Å². The first kappa shape index (κ1) is 9.45. The Morgan fingerprint density at radius 3 is 3.00 bits per heavy atom. The van der Waals surface area contributed by atoms with Gasteiger partial charge >= 0.3 is 5.97 Å². The maximum atomic E-state index is 12.2. The lowest BCUT2D eigenvalue weighted by Crippen LogP contribution is -2.39. The fourth-order valence-corrected chi connectivity index (χ4v) is 1.61. The predicted octanol–water partition coefficient (Wildman–Crippen LogP) is 0.752.